The Morgan fingerprint density at radius 2 is 2.12 bits per heavy atom. The fourth-order valence-electron chi connectivity index (χ4n) is 1.44. The molecule has 1 aliphatic heterocycles. The van der Waals surface area contributed by atoms with Gasteiger partial charge >= 0.3 is 0 Å². The van der Waals surface area contributed by atoms with Crippen LogP contribution in [0.15, 0.2) is 23.3 Å². The van der Waals surface area contributed by atoms with Crippen LogP contribution in [0.25, 0.3) is 0 Å². The van der Waals surface area contributed by atoms with E-state index in [2.05, 4.69) is 5.10 Å². The van der Waals surface area contributed by atoms with Gasteiger partial charge in [-0.2, -0.15) is 5.10 Å². The summed E-state index contributed by atoms with van der Waals surface area (Å²) in [5, 5.41) is 16.3. The molecular weight excluding hydrogens is 228 g/mol. The normalized spacial score (nSPS) is 16.9. The lowest BCUT2D eigenvalue weighted by Gasteiger charge is -2.23. The summed E-state index contributed by atoms with van der Waals surface area (Å²) in [7, 11) is 0. The number of hydrazone groups is 1. The van der Waals surface area contributed by atoms with Crippen LogP contribution in [0.5, 0.6) is 5.75 Å². The maximum absolute atomic E-state index is 9.57. The van der Waals surface area contributed by atoms with Crippen LogP contribution in [0, 0.1) is 0 Å². The quantitative estimate of drug-likeness (QED) is 0.801. The monoisotopic (exact) mass is 240 g/mol. The van der Waals surface area contributed by atoms with Gasteiger partial charge < -0.3 is 9.84 Å². The van der Waals surface area contributed by atoms with Gasteiger partial charge in [0.2, 0.25) is 0 Å². The van der Waals surface area contributed by atoms with Crippen molar-refractivity contribution >= 4 is 17.8 Å². The summed E-state index contributed by atoms with van der Waals surface area (Å²) in [6.07, 6.45) is 1.62. The third-order valence-electron chi connectivity index (χ3n) is 2.34. The first-order valence-corrected chi connectivity index (χ1v) is 5.49. The van der Waals surface area contributed by atoms with Crippen LogP contribution in [-0.4, -0.2) is 42.6 Å². The Labute approximate surface area is 99.1 Å². The van der Waals surface area contributed by atoms with Crippen LogP contribution in [0.4, 0.5) is 0 Å². The molecule has 5 heteroatoms. The first-order chi connectivity index (χ1) is 7.75. The number of hydrogen-bond donors (Lipinski definition) is 1. The predicted octanol–water partition coefficient (Wildman–Crippen LogP) is 1.71. The van der Waals surface area contributed by atoms with Gasteiger partial charge in [0.05, 0.1) is 32.5 Å². The molecule has 0 aliphatic carbocycles. The summed E-state index contributed by atoms with van der Waals surface area (Å²) >= 11 is 5.83. The SMILES string of the molecule is Oc1ccc(Cl)cc1/C=N\N1CCOCC1. The zero-order valence-electron chi connectivity index (χ0n) is 8.77. The van der Waals surface area contributed by atoms with Crippen molar-refractivity contribution in [1.29, 1.82) is 0 Å². The Morgan fingerprint density at radius 3 is 2.88 bits per heavy atom. The van der Waals surface area contributed by atoms with E-state index in [1.54, 1.807) is 24.4 Å². The molecule has 1 N–H and O–H groups in total. The van der Waals surface area contributed by atoms with E-state index in [0.29, 0.717) is 23.8 Å². The number of hydrogen-bond acceptors (Lipinski definition) is 4. The van der Waals surface area contributed by atoms with E-state index in [9.17, 15) is 5.11 Å². The van der Waals surface area contributed by atoms with Gasteiger partial charge in [-0.3, -0.25) is 5.01 Å². The van der Waals surface area contributed by atoms with Crippen LogP contribution < -0.4 is 0 Å². The van der Waals surface area contributed by atoms with Gasteiger partial charge in [0, 0.05) is 10.6 Å². The molecule has 2 rings (SSSR count). The van der Waals surface area contributed by atoms with Gasteiger partial charge in [0.1, 0.15) is 5.75 Å². The van der Waals surface area contributed by atoms with Crippen molar-refractivity contribution in [3.63, 3.8) is 0 Å². The summed E-state index contributed by atoms with van der Waals surface area (Å²) < 4.78 is 5.21. The van der Waals surface area contributed by atoms with Crippen molar-refractivity contribution in [3.8, 4) is 5.75 Å². The largest absolute Gasteiger partial charge is 0.507 e. The lowest BCUT2D eigenvalue weighted by molar-refractivity contribution is 0.0397. The average molecular weight is 241 g/mol. The third kappa shape index (κ3) is 2.87. The number of morpholine rings is 1. The van der Waals surface area contributed by atoms with E-state index in [1.165, 1.54) is 0 Å². The minimum Gasteiger partial charge on any atom is -0.507 e. The Morgan fingerprint density at radius 1 is 1.38 bits per heavy atom. The molecule has 16 heavy (non-hydrogen) atoms. The summed E-state index contributed by atoms with van der Waals surface area (Å²) in [6, 6.07) is 4.88. The van der Waals surface area contributed by atoms with Crippen LogP contribution in [0.1, 0.15) is 5.56 Å². The van der Waals surface area contributed by atoms with Gasteiger partial charge in [0.25, 0.3) is 0 Å². The fourth-order valence-corrected chi connectivity index (χ4v) is 1.62. The Bertz CT molecular complexity index is 390. The molecule has 0 spiro atoms. The molecule has 1 heterocycles. The van der Waals surface area contributed by atoms with E-state index >= 15 is 0 Å². The number of nitrogens with zero attached hydrogens (tertiary/aromatic N) is 2. The highest BCUT2D eigenvalue weighted by molar-refractivity contribution is 6.30. The molecular formula is C11H13ClN2O2. The summed E-state index contributed by atoms with van der Waals surface area (Å²) in [4.78, 5) is 0. The molecule has 0 atom stereocenters. The molecule has 1 saturated heterocycles. The number of benzene rings is 1. The highest BCUT2D eigenvalue weighted by Gasteiger charge is 2.07. The van der Waals surface area contributed by atoms with E-state index in [-0.39, 0.29) is 5.75 Å². The smallest absolute Gasteiger partial charge is 0.124 e. The molecule has 1 fully saturated rings. The number of phenols is 1. The zero-order valence-corrected chi connectivity index (χ0v) is 9.52. The first kappa shape index (κ1) is 11.2. The number of phenolic OH excluding ortho intramolecular Hbond substituents is 1. The first-order valence-electron chi connectivity index (χ1n) is 5.11. The molecule has 0 bridgehead atoms. The molecule has 0 amide bonds. The van der Waals surface area contributed by atoms with Crippen LogP contribution in [0.2, 0.25) is 5.02 Å². The molecule has 0 radical (unpaired) electrons. The van der Waals surface area contributed by atoms with Gasteiger partial charge in [-0.15, -0.1) is 0 Å². The molecule has 0 aromatic heterocycles. The second kappa shape index (κ2) is 5.18. The average Bonchev–Trinajstić information content (AvgIpc) is 2.32. The molecule has 4 nitrogen and oxygen atoms in total. The molecule has 0 saturated carbocycles. The van der Waals surface area contributed by atoms with E-state index < -0.39 is 0 Å². The predicted molar refractivity (Wildman–Crippen MR) is 63.1 cm³/mol. The van der Waals surface area contributed by atoms with E-state index in [0.717, 1.165) is 13.1 Å². The lowest BCUT2D eigenvalue weighted by atomic mass is 10.2. The molecule has 86 valence electrons. The zero-order chi connectivity index (χ0) is 11.4. The highest BCUT2D eigenvalue weighted by atomic mass is 35.5. The summed E-state index contributed by atoms with van der Waals surface area (Å²) in [6.45, 7) is 2.94. The molecule has 1 aromatic carbocycles. The van der Waals surface area contributed by atoms with Crippen LogP contribution >= 0.6 is 11.6 Å². The number of halogens is 1. The van der Waals surface area contributed by atoms with E-state index in [1.807, 2.05) is 5.01 Å². The topological polar surface area (TPSA) is 45.1 Å². The second-order valence-corrected chi connectivity index (χ2v) is 3.95. The van der Waals surface area contributed by atoms with E-state index in [4.69, 9.17) is 16.3 Å². The molecule has 1 aromatic rings. The third-order valence-corrected chi connectivity index (χ3v) is 2.57. The van der Waals surface area contributed by atoms with Crippen molar-refractivity contribution in [2.45, 2.75) is 0 Å². The van der Waals surface area contributed by atoms with Gasteiger partial charge in [-0.25, -0.2) is 0 Å². The van der Waals surface area contributed by atoms with Crippen molar-refractivity contribution in [3.05, 3.63) is 28.8 Å². The summed E-state index contributed by atoms with van der Waals surface area (Å²) in [5.74, 6) is 0.182. The van der Waals surface area contributed by atoms with Crippen molar-refractivity contribution in [2.24, 2.45) is 5.10 Å². The van der Waals surface area contributed by atoms with Crippen molar-refractivity contribution in [1.82, 2.24) is 5.01 Å². The minimum atomic E-state index is 0.182. The fraction of sp³-hybridized carbons (Fsp3) is 0.364. The van der Waals surface area contributed by atoms with Crippen molar-refractivity contribution in [2.75, 3.05) is 26.3 Å². The Hall–Kier alpha value is -1.26. The maximum Gasteiger partial charge on any atom is 0.124 e. The van der Waals surface area contributed by atoms with Gasteiger partial charge in [0.15, 0.2) is 0 Å². The number of rotatable bonds is 2. The van der Waals surface area contributed by atoms with Crippen molar-refractivity contribution < 1.29 is 9.84 Å². The summed E-state index contributed by atoms with van der Waals surface area (Å²) in [5.41, 5.74) is 0.624. The maximum atomic E-state index is 9.57. The highest BCUT2D eigenvalue weighted by Crippen LogP contribution is 2.19. The number of aromatic hydroxyl groups is 1. The minimum absolute atomic E-state index is 0.182. The Balaban J connectivity index is 2.07. The Kier molecular flexibility index (Phi) is 3.64. The van der Waals surface area contributed by atoms with Gasteiger partial charge in [-0.05, 0) is 18.2 Å². The van der Waals surface area contributed by atoms with Crippen LogP contribution in [0.3, 0.4) is 0 Å². The number of ether oxygens (including phenoxy) is 1. The second-order valence-electron chi connectivity index (χ2n) is 3.51. The molecule has 1 aliphatic rings. The standard InChI is InChI=1S/C11H13ClN2O2/c12-10-1-2-11(15)9(7-10)8-13-14-3-5-16-6-4-14/h1-2,7-8,15H,3-6H2/b13-8-. The van der Waals surface area contributed by atoms with Crippen LogP contribution in [-0.2, 0) is 4.74 Å². The lowest BCUT2D eigenvalue weighted by Crippen LogP contribution is -2.32. The molecule has 0 unspecified atom stereocenters. The van der Waals surface area contributed by atoms with Gasteiger partial charge in [-0.1, -0.05) is 11.6 Å².